The van der Waals surface area contributed by atoms with Gasteiger partial charge in [-0.3, -0.25) is 10.1 Å². The number of carbonyl (C=O) groups excluding carboxylic acids is 1. The molecule has 2 aliphatic rings. The maximum Gasteiger partial charge on any atom is 0.410 e. The molecule has 8 heteroatoms. The van der Waals surface area contributed by atoms with Crippen molar-refractivity contribution in [2.75, 3.05) is 18.0 Å². The number of fused-ring (bicyclic) bond motifs is 1. The third-order valence-electron chi connectivity index (χ3n) is 5.82. The Bertz CT molecular complexity index is 980. The summed E-state index contributed by atoms with van der Waals surface area (Å²) in [6.07, 6.45) is -0.344. The zero-order valence-corrected chi connectivity index (χ0v) is 17.8. The zero-order valence-electron chi connectivity index (χ0n) is 17.8. The molecule has 1 unspecified atom stereocenters. The second-order valence-electron chi connectivity index (χ2n) is 9.21. The van der Waals surface area contributed by atoms with Crippen LogP contribution in [0.2, 0.25) is 0 Å². The highest BCUT2D eigenvalue weighted by molar-refractivity contribution is 5.70. The lowest BCUT2D eigenvalue weighted by molar-refractivity contribution is -0.385. The predicted octanol–water partition coefficient (Wildman–Crippen LogP) is 4.61. The van der Waals surface area contributed by atoms with Crippen molar-refractivity contribution in [2.24, 2.45) is 11.8 Å². The molecular formula is C23H26FN3O4. The molecular weight excluding hydrogens is 401 g/mol. The fourth-order valence-electron chi connectivity index (χ4n) is 4.41. The number of hydrogen-bond donors (Lipinski definition) is 0. The maximum absolute atomic E-state index is 14.4. The van der Waals surface area contributed by atoms with Gasteiger partial charge in [-0.05, 0) is 32.4 Å². The highest BCUT2D eigenvalue weighted by Gasteiger charge is 2.60. The molecule has 0 aromatic heterocycles. The first kappa shape index (κ1) is 21.1. The molecule has 4 rings (SSSR count). The number of amides is 1. The number of hydrogen-bond acceptors (Lipinski definition) is 5. The van der Waals surface area contributed by atoms with E-state index in [1.807, 2.05) is 56.0 Å². The molecule has 1 heterocycles. The molecule has 1 amide bonds. The van der Waals surface area contributed by atoms with Crippen molar-refractivity contribution >= 4 is 17.5 Å². The average molecular weight is 427 g/mol. The molecule has 1 aliphatic heterocycles. The first-order valence-electron chi connectivity index (χ1n) is 10.4. The molecule has 2 aromatic rings. The number of piperidine rings is 1. The number of ether oxygens (including phenoxy) is 1. The highest BCUT2D eigenvalue weighted by Crippen LogP contribution is 2.51. The van der Waals surface area contributed by atoms with Crippen LogP contribution >= 0.6 is 0 Å². The van der Waals surface area contributed by atoms with E-state index in [0.717, 1.165) is 11.6 Å². The van der Waals surface area contributed by atoms with E-state index in [1.165, 1.54) is 12.1 Å². The zero-order chi connectivity index (χ0) is 22.3. The Morgan fingerprint density at radius 3 is 2.39 bits per heavy atom. The lowest BCUT2D eigenvalue weighted by Gasteiger charge is -2.31. The third-order valence-corrected chi connectivity index (χ3v) is 5.82. The molecule has 0 spiro atoms. The monoisotopic (exact) mass is 427 g/mol. The van der Waals surface area contributed by atoms with E-state index in [2.05, 4.69) is 0 Å². The normalized spacial score (nSPS) is 22.1. The van der Waals surface area contributed by atoms with Gasteiger partial charge in [0.25, 0.3) is 5.69 Å². The van der Waals surface area contributed by atoms with Crippen LogP contribution in [0.15, 0.2) is 48.5 Å². The molecule has 0 N–H and O–H groups in total. The number of nitro groups is 1. The lowest BCUT2D eigenvalue weighted by atomic mass is 10.2. The van der Waals surface area contributed by atoms with Crippen molar-refractivity contribution in [3.63, 3.8) is 0 Å². The molecule has 1 saturated carbocycles. The minimum Gasteiger partial charge on any atom is -0.444 e. The lowest BCUT2D eigenvalue weighted by Crippen LogP contribution is -2.41. The number of benzene rings is 2. The standard InChI is InChI=1S/C23H26FN3O4/c1-23(2,3)31-22(28)26(12-15-7-5-4-6-8-15)21-17-13-25(14-18(17)21)20-10-9-16(27(29)30)11-19(20)24/h4-11,17-18,21H,12-14H2,1-3H3/t17-,18+,21?. The topological polar surface area (TPSA) is 75.9 Å². The van der Waals surface area contributed by atoms with Crippen LogP contribution < -0.4 is 4.90 Å². The van der Waals surface area contributed by atoms with Crippen molar-refractivity contribution in [3.8, 4) is 0 Å². The van der Waals surface area contributed by atoms with Crippen LogP contribution in [0.3, 0.4) is 0 Å². The fraction of sp³-hybridized carbons (Fsp3) is 0.435. The summed E-state index contributed by atoms with van der Waals surface area (Å²) in [5.74, 6) is -0.169. The second-order valence-corrected chi connectivity index (χ2v) is 9.21. The van der Waals surface area contributed by atoms with E-state index < -0.39 is 16.3 Å². The second kappa shape index (κ2) is 7.83. The summed E-state index contributed by atoms with van der Waals surface area (Å²) in [7, 11) is 0. The molecule has 31 heavy (non-hydrogen) atoms. The summed E-state index contributed by atoms with van der Waals surface area (Å²) in [6, 6.07) is 13.5. The van der Waals surface area contributed by atoms with Gasteiger partial charge >= 0.3 is 6.09 Å². The largest absolute Gasteiger partial charge is 0.444 e. The van der Waals surface area contributed by atoms with E-state index >= 15 is 0 Å². The SMILES string of the molecule is CC(C)(C)OC(=O)N(Cc1ccccc1)C1[C@H]2CN(c3ccc([N+](=O)[O-])cc3F)C[C@@H]12. The molecule has 7 nitrogen and oxygen atoms in total. The van der Waals surface area contributed by atoms with Crippen LogP contribution in [-0.2, 0) is 11.3 Å². The van der Waals surface area contributed by atoms with Crippen LogP contribution in [0.5, 0.6) is 0 Å². The van der Waals surface area contributed by atoms with Crippen LogP contribution in [0.4, 0.5) is 20.6 Å². The summed E-state index contributed by atoms with van der Waals surface area (Å²) in [5, 5.41) is 10.9. The van der Waals surface area contributed by atoms with Gasteiger partial charge in [-0.2, -0.15) is 0 Å². The van der Waals surface area contributed by atoms with Crippen LogP contribution in [0.1, 0.15) is 26.3 Å². The molecule has 1 aliphatic carbocycles. The average Bonchev–Trinajstić information content (AvgIpc) is 3.17. The first-order valence-corrected chi connectivity index (χ1v) is 10.4. The number of rotatable bonds is 5. The molecule has 2 aromatic carbocycles. The number of nitrogens with zero attached hydrogens (tertiary/aromatic N) is 3. The van der Waals surface area contributed by atoms with Gasteiger partial charge in [0.1, 0.15) is 5.60 Å². The quantitative estimate of drug-likeness (QED) is 0.515. The van der Waals surface area contributed by atoms with Gasteiger partial charge in [-0.15, -0.1) is 0 Å². The van der Waals surface area contributed by atoms with Gasteiger partial charge in [0.2, 0.25) is 0 Å². The summed E-state index contributed by atoms with van der Waals surface area (Å²) in [6.45, 7) is 7.19. The predicted molar refractivity (Wildman–Crippen MR) is 114 cm³/mol. The van der Waals surface area contributed by atoms with E-state index in [9.17, 15) is 19.3 Å². The summed E-state index contributed by atoms with van der Waals surface area (Å²) >= 11 is 0. The van der Waals surface area contributed by atoms with Gasteiger partial charge in [0.15, 0.2) is 5.82 Å². The Balaban J connectivity index is 1.48. The van der Waals surface area contributed by atoms with Crippen molar-refractivity contribution in [1.29, 1.82) is 0 Å². The van der Waals surface area contributed by atoms with Gasteiger partial charge in [0, 0.05) is 43.6 Å². The van der Waals surface area contributed by atoms with Gasteiger partial charge in [0.05, 0.1) is 16.7 Å². The molecule has 2 fully saturated rings. The minimum absolute atomic E-state index is 0.0346. The number of nitro benzene ring substituents is 1. The Hall–Kier alpha value is -3.16. The first-order chi connectivity index (χ1) is 14.6. The van der Waals surface area contributed by atoms with Gasteiger partial charge in [-0.25, -0.2) is 9.18 Å². The Labute approximate surface area is 180 Å². The number of carbonyl (C=O) groups is 1. The minimum atomic E-state index is -0.605. The van der Waals surface area contributed by atoms with Crippen molar-refractivity contribution in [3.05, 3.63) is 70.0 Å². The molecule has 0 bridgehead atoms. The van der Waals surface area contributed by atoms with Crippen molar-refractivity contribution in [2.45, 2.75) is 39.0 Å². The van der Waals surface area contributed by atoms with Gasteiger partial charge in [-0.1, -0.05) is 30.3 Å². The highest BCUT2D eigenvalue weighted by atomic mass is 19.1. The van der Waals surface area contributed by atoms with E-state index in [0.29, 0.717) is 25.3 Å². The summed E-state index contributed by atoms with van der Waals surface area (Å²) in [5.41, 5.74) is 0.534. The van der Waals surface area contributed by atoms with E-state index in [1.54, 1.807) is 4.90 Å². The van der Waals surface area contributed by atoms with E-state index in [-0.39, 0.29) is 29.7 Å². The van der Waals surface area contributed by atoms with Crippen molar-refractivity contribution < 1.29 is 18.8 Å². The maximum atomic E-state index is 14.4. The Morgan fingerprint density at radius 2 is 1.84 bits per heavy atom. The van der Waals surface area contributed by atoms with Crippen LogP contribution in [0.25, 0.3) is 0 Å². The third kappa shape index (κ3) is 4.47. The smallest absolute Gasteiger partial charge is 0.410 e. The molecule has 3 atom stereocenters. The van der Waals surface area contributed by atoms with Crippen molar-refractivity contribution in [1.82, 2.24) is 4.90 Å². The number of halogens is 1. The number of anilines is 1. The van der Waals surface area contributed by atoms with Crippen LogP contribution in [0, 0.1) is 27.8 Å². The fourth-order valence-corrected chi connectivity index (χ4v) is 4.41. The molecule has 1 saturated heterocycles. The molecule has 164 valence electrons. The summed E-state index contributed by atoms with van der Waals surface area (Å²) in [4.78, 5) is 26.9. The summed E-state index contributed by atoms with van der Waals surface area (Å²) < 4.78 is 20.1. The number of non-ortho nitro benzene ring substituents is 1. The van der Waals surface area contributed by atoms with Gasteiger partial charge < -0.3 is 14.5 Å². The van der Waals surface area contributed by atoms with Crippen LogP contribution in [-0.4, -0.2) is 40.6 Å². The van der Waals surface area contributed by atoms with E-state index in [4.69, 9.17) is 4.74 Å². The Kier molecular flexibility index (Phi) is 5.33. The Morgan fingerprint density at radius 1 is 1.19 bits per heavy atom. The molecule has 0 radical (unpaired) electrons.